The highest BCUT2D eigenvalue weighted by Gasteiger charge is 2.36. The number of fused-ring (bicyclic) bond motifs is 3. The van der Waals surface area contributed by atoms with E-state index in [1.165, 1.54) is 17.4 Å². The molecule has 1 atom stereocenters. The maximum Gasteiger partial charge on any atom is 0.146 e. The molecule has 1 unspecified atom stereocenters. The molecule has 0 spiro atoms. The van der Waals surface area contributed by atoms with Gasteiger partial charge in [-0.3, -0.25) is 9.97 Å². The lowest BCUT2D eigenvalue weighted by atomic mass is 9.88. The molecule has 5 aromatic heterocycles. The van der Waals surface area contributed by atoms with Gasteiger partial charge in [0.25, 0.3) is 0 Å². The van der Waals surface area contributed by atoms with E-state index in [1.807, 2.05) is 20.0 Å². The van der Waals surface area contributed by atoms with Crippen LogP contribution < -0.4 is 0 Å². The van der Waals surface area contributed by atoms with Crippen molar-refractivity contribution in [1.82, 2.24) is 29.5 Å². The Morgan fingerprint density at radius 2 is 2.03 bits per heavy atom. The summed E-state index contributed by atoms with van der Waals surface area (Å²) < 4.78 is 25.8. The normalized spacial score (nSPS) is 16.1. The van der Waals surface area contributed by atoms with Crippen molar-refractivity contribution in [2.24, 2.45) is 13.0 Å². The Hall–Kier alpha value is -2.92. The molecule has 1 aliphatic rings. The Morgan fingerprint density at radius 3 is 2.68 bits per heavy atom. The van der Waals surface area contributed by atoms with E-state index in [-0.39, 0.29) is 11.7 Å². The van der Waals surface area contributed by atoms with E-state index in [2.05, 4.69) is 19.9 Å². The predicted molar refractivity (Wildman–Crippen MR) is 146 cm³/mol. The van der Waals surface area contributed by atoms with Crippen LogP contribution in [-0.2, 0) is 17.4 Å². The van der Waals surface area contributed by atoms with Gasteiger partial charge in [0.05, 0.1) is 54.4 Å². The van der Waals surface area contributed by atoms with Gasteiger partial charge in [-0.15, -0.1) is 16.4 Å². The molecule has 0 bridgehead atoms. The number of hydrogen-bond acceptors (Lipinski definition) is 7. The topological polar surface area (TPSA) is 90.9 Å². The number of aryl methyl sites for hydroxylation is 2. The summed E-state index contributed by atoms with van der Waals surface area (Å²) in [5.74, 6) is -0.318. The molecule has 1 N–H and O–H groups in total. The molecule has 1 saturated heterocycles. The van der Waals surface area contributed by atoms with Gasteiger partial charge in [-0.05, 0) is 57.7 Å². The van der Waals surface area contributed by atoms with Gasteiger partial charge in [-0.2, -0.15) is 0 Å². The standard InChI is InChI=1S/C27H28ClFN6O2S/c1-14-22(34(4)33-32-14)16-12-18-21(31-13-16)25-24(19(28)26(38-25)27(2,3)36)35(18)23(15-7-10-37-11-8-15)20-17(29)6-5-9-30-20/h5-6,9,12-13,15,23,36H,7-8,10-11H2,1-4H3. The summed E-state index contributed by atoms with van der Waals surface area (Å²) in [4.78, 5) is 10.1. The van der Waals surface area contributed by atoms with Crippen molar-refractivity contribution in [2.45, 2.75) is 45.3 Å². The van der Waals surface area contributed by atoms with Crippen molar-refractivity contribution in [3.8, 4) is 11.3 Å². The molecule has 0 aliphatic carbocycles. The summed E-state index contributed by atoms with van der Waals surface area (Å²) in [5.41, 5.74) is 3.98. The molecule has 11 heteroatoms. The van der Waals surface area contributed by atoms with Crippen LogP contribution in [0.3, 0.4) is 0 Å². The third-order valence-corrected chi connectivity index (χ3v) is 9.27. The Labute approximate surface area is 228 Å². The highest BCUT2D eigenvalue weighted by Crippen LogP contribution is 2.49. The second-order valence-corrected chi connectivity index (χ2v) is 11.8. The maximum absolute atomic E-state index is 15.5. The lowest BCUT2D eigenvalue weighted by Gasteiger charge is -2.32. The van der Waals surface area contributed by atoms with Gasteiger partial charge in [0.15, 0.2) is 0 Å². The summed E-state index contributed by atoms with van der Waals surface area (Å²) >= 11 is 8.48. The van der Waals surface area contributed by atoms with E-state index in [0.29, 0.717) is 28.8 Å². The maximum atomic E-state index is 15.5. The zero-order valence-corrected chi connectivity index (χ0v) is 23.1. The zero-order chi connectivity index (χ0) is 26.8. The van der Waals surface area contributed by atoms with E-state index in [9.17, 15) is 5.11 Å². The van der Waals surface area contributed by atoms with Crippen LogP contribution in [-0.4, -0.2) is 47.8 Å². The van der Waals surface area contributed by atoms with Gasteiger partial charge < -0.3 is 14.4 Å². The molecule has 38 heavy (non-hydrogen) atoms. The van der Waals surface area contributed by atoms with Crippen LogP contribution in [0.4, 0.5) is 4.39 Å². The molecule has 1 aliphatic heterocycles. The average molecular weight is 555 g/mol. The fourth-order valence-corrected chi connectivity index (χ4v) is 7.36. The first-order valence-electron chi connectivity index (χ1n) is 12.6. The molecular formula is C27H28ClFN6O2S. The quantitative estimate of drug-likeness (QED) is 0.296. The number of aromatic nitrogens is 6. The van der Waals surface area contributed by atoms with E-state index in [4.69, 9.17) is 21.3 Å². The fraction of sp³-hybridized carbons (Fsp3) is 0.407. The zero-order valence-electron chi connectivity index (χ0n) is 21.6. The average Bonchev–Trinajstić information content (AvgIpc) is 3.52. The summed E-state index contributed by atoms with van der Waals surface area (Å²) in [5, 5.41) is 19.7. The van der Waals surface area contributed by atoms with Gasteiger partial charge in [-0.1, -0.05) is 16.8 Å². The molecule has 8 nitrogen and oxygen atoms in total. The predicted octanol–water partition coefficient (Wildman–Crippen LogP) is 5.79. The van der Waals surface area contributed by atoms with Gasteiger partial charge >= 0.3 is 0 Å². The van der Waals surface area contributed by atoms with Crippen LogP contribution in [0, 0.1) is 18.7 Å². The Balaban J connectivity index is 1.72. The third-order valence-electron chi connectivity index (χ3n) is 7.29. The Morgan fingerprint density at radius 1 is 1.26 bits per heavy atom. The molecule has 6 rings (SSSR count). The van der Waals surface area contributed by atoms with Gasteiger partial charge in [0.1, 0.15) is 11.3 Å². The molecular weight excluding hydrogens is 527 g/mol. The van der Waals surface area contributed by atoms with Crippen LogP contribution in [0.1, 0.15) is 49.0 Å². The van der Waals surface area contributed by atoms with Crippen molar-refractivity contribution < 1.29 is 14.2 Å². The number of hydrogen-bond donors (Lipinski definition) is 1. The lowest BCUT2D eigenvalue weighted by molar-refractivity contribution is 0.0543. The summed E-state index contributed by atoms with van der Waals surface area (Å²) in [6, 6.07) is 4.65. The van der Waals surface area contributed by atoms with Crippen molar-refractivity contribution in [3.63, 3.8) is 0 Å². The molecule has 0 aromatic carbocycles. The molecule has 0 saturated carbocycles. The molecule has 0 radical (unpaired) electrons. The monoisotopic (exact) mass is 554 g/mol. The summed E-state index contributed by atoms with van der Waals surface area (Å²) in [6.07, 6.45) is 4.93. The van der Waals surface area contributed by atoms with Crippen molar-refractivity contribution in [3.05, 3.63) is 57.7 Å². The van der Waals surface area contributed by atoms with E-state index in [1.54, 1.807) is 37.0 Å². The third kappa shape index (κ3) is 4.02. The molecule has 5 aromatic rings. The van der Waals surface area contributed by atoms with E-state index >= 15 is 4.39 Å². The number of nitrogens with zero attached hydrogens (tertiary/aromatic N) is 6. The van der Waals surface area contributed by atoms with Crippen LogP contribution in [0.5, 0.6) is 0 Å². The summed E-state index contributed by atoms with van der Waals surface area (Å²) in [6.45, 7) is 6.52. The van der Waals surface area contributed by atoms with E-state index < -0.39 is 11.6 Å². The van der Waals surface area contributed by atoms with Crippen LogP contribution >= 0.6 is 22.9 Å². The first-order chi connectivity index (χ1) is 18.2. The number of pyridine rings is 2. The number of rotatable bonds is 5. The van der Waals surface area contributed by atoms with Gasteiger partial charge in [0.2, 0.25) is 0 Å². The van der Waals surface area contributed by atoms with Crippen LogP contribution in [0.2, 0.25) is 5.02 Å². The number of thiophene rings is 1. The Kier molecular flexibility index (Phi) is 6.26. The molecule has 1 fully saturated rings. The second-order valence-electron chi connectivity index (χ2n) is 10.4. The number of ether oxygens (including phenoxy) is 1. The van der Waals surface area contributed by atoms with Crippen molar-refractivity contribution in [1.29, 1.82) is 0 Å². The van der Waals surface area contributed by atoms with E-state index in [0.717, 1.165) is 51.0 Å². The number of halogens is 2. The first-order valence-corrected chi connectivity index (χ1v) is 13.8. The minimum atomic E-state index is -1.15. The minimum absolute atomic E-state index is 0.0530. The van der Waals surface area contributed by atoms with Crippen LogP contribution in [0.15, 0.2) is 30.6 Å². The first kappa shape index (κ1) is 25.4. The van der Waals surface area contributed by atoms with Gasteiger partial charge in [0, 0.05) is 38.2 Å². The molecule has 0 amide bonds. The Bertz CT molecular complexity index is 1640. The van der Waals surface area contributed by atoms with Crippen LogP contribution in [0.25, 0.3) is 32.5 Å². The molecule has 198 valence electrons. The minimum Gasteiger partial charge on any atom is -0.385 e. The van der Waals surface area contributed by atoms with Crippen molar-refractivity contribution >= 4 is 44.2 Å². The lowest BCUT2D eigenvalue weighted by Crippen LogP contribution is -2.28. The number of aliphatic hydroxyl groups is 1. The largest absolute Gasteiger partial charge is 0.385 e. The van der Waals surface area contributed by atoms with Crippen molar-refractivity contribution in [2.75, 3.05) is 13.2 Å². The SMILES string of the molecule is Cc1nnn(C)c1-c1cnc2c3sc(C(C)(C)O)c(Cl)c3n(C(c3ncccc3F)C3CCOCC3)c2c1. The second kappa shape index (κ2) is 9.37. The smallest absolute Gasteiger partial charge is 0.146 e. The highest BCUT2D eigenvalue weighted by molar-refractivity contribution is 7.21. The molecule has 6 heterocycles. The highest BCUT2D eigenvalue weighted by atomic mass is 35.5. The van der Waals surface area contributed by atoms with Gasteiger partial charge in [-0.25, -0.2) is 9.07 Å². The fourth-order valence-electron chi connectivity index (χ4n) is 5.58. The summed E-state index contributed by atoms with van der Waals surface area (Å²) in [7, 11) is 1.84.